The highest BCUT2D eigenvalue weighted by Gasteiger charge is 2.08. The number of ether oxygens (including phenoxy) is 1. The zero-order chi connectivity index (χ0) is 20.8. The highest BCUT2D eigenvalue weighted by atomic mass is 79.9. The van der Waals surface area contributed by atoms with Crippen LogP contribution in [-0.2, 0) is 6.61 Å². The summed E-state index contributed by atoms with van der Waals surface area (Å²) in [4.78, 5) is 12.1. The topological polar surface area (TPSA) is 91.2 Å². The molecule has 0 radical (unpaired) electrons. The third-order valence-electron chi connectivity index (χ3n) is 3.79. The molecule has 1 amide bonds. The van der Waals surface area contributed by atoms with E-state index in [4.69, 9.17) is 16.3 Å². The van der Waals surface area contributed by atoms with E-state index < -0.39 is 5.91 Å². The van der Waals surface area contributed by atoms with Crippen LogP contribution in [0, 0.1) is 0 Å². The number of aromatic hydroxyl groups is 2. The van der Waals surface area contributed by atoms with Gasteiger partial charge in [0.15, 0.2) is 0 Å². The normalized spacial score (nSPS) is 10.8. The van der Waals surface area contributed by atoms with Crippen molar-refractivity contribution in [3.8, 4) is 17.2 Å². The molecule has 0 aliphatic carbocycles. The van der Waals surface area contributed by atoms with Gasteiger partial charge >= 0.3 is 0 Å². The monoisotopic (exact) mass is 474 g/mol. The van der Waals surface area contributed by atoms with E-state index in [-0.39, 0.29) is 17.1 Å². The Morgan fingerprint density at radius 1 is 1.10 bits per heavy atom. The highest BCUT2D eigenvalue weighted by Crippen LogP contribution is 2.23. The number of halogens is 2. The number of rotatable bonds is 6. The Balaban J connectivity index is 1.71. The van der Waals surface area contributed by atoms with Crippen LogP contribution in [0.2, 0.25) is 5.02 Å². The molecule has 0 unspecified atom stereocenters. The van der Waals surface area contributed by atoms with Crippen molar-refractivity contribution < 1.29 is 19.7 Å². The number of amides is 1. The van der Waals surface area contributed by atoms with Crippen LogP contribution in [0.25, 0.3) is 0 Å². The maximum atomic E-state index is 12.1. The van der Waals surface area contributed by atoms with Crippen molar-refractivity contribution in [2.75, 3.05) is 0 Å². The molecule has 0 heterocycles. The maximum Gasteiger partial charge on any atom is 0.271 e. The second-order valence-electron chi connectivity index (χ2n) is 6.04. The third kappa shape index (κ3) is 5.97. The summed E-state index contributed by atoms with van der Waals surface area (Å²) in [7, 11) is 0. The zero-order valence-electron chi connectivity index (χ0n) is 15.0. The molecule has 148 valence electrons. The largest absolute Gasteiger partial charge is 0.508 e. The Labute approximate surface area is 180 Å². The average Bonchev–Trinajstić information content (AvgIpc) is 2.66. The maximum absolute atomic E-state index is 12.1. The second kappa shape index (κ2) is 9.45. The molecule has 0 aromatic heterocycles. The van der Waals surface area contributed by atoms with Crippen molar-refractivity contribution in [1.82, 2.24) is 5.43 Å². The number of nitrogens with zero attached hydrogens (tertiary/aromatic N) is 1. The Kier molecular flexibility index (Phi) is 6.74. The van der Waals surface area contributed by atoms with Gasteiger partial charge in [0.05, 0.1) is 6.21 Å². The van der Waals surface area contributed by atoms with Gasteiger partial charge in [-0.25, -0.2) is 5.43 Å². The molecule has 0 spiro atoms. The predicted octanol–water partition coefficient (Wildman–Crippen LogP) is 4.86. The molecule has 0 saturated carbocycles. The van der Waals surface area contributed by atoms with Gasteiger partial charge in [0.25, 0.3) is 5.91 Å². The summed E-state index contributed by atoms with van der Waals surface area (Å²) in [6.07, 6.45) is 1.41. The van der Waals surface area contributed by atoms with E-state index in [1.807, 2.05) is 24.3 Å². The second-order valence-corrected chi connectivity index (χ2v) is 7.39. The molecule has 3 aromatic rings. The van der Waals surface area contributed by atoms with Gasteiger partial charge in [-0.15, -0.1) is 0 Å². The Morgan fingerprint density at radius 3 is 2.59 bits per heavy atom. The fourth-order valence-corrected chi connectivity index (χ4v) is 3.12. The van der Waals surface area contributed by atoms with E-state index in [2.05, 4.69) is 26.5 Å². The number of carbonyl (C=O) groups is 1. The number of phenols is 2. The lowest BCUT2D eigenvalue weighted by Gasteiger charge is -2.10. The molecular formula is C21H16BrClN2O4. The lowest BCUT2D eigenvalue weighted by molar-refractivity contribution is 0.0954. The SMILES string of the molecule is O=C(N/N=C\c1cc(Cl)ccc1OCc1cccc(Br)c1)c1cc(O)cc(O)c1. The molecule has 8 heteroatoms. The van der Waals surface area contributed by atoms with Gasteiger partial charge in [-0.3, -0.25) is 4.79 Å². The first-order chi connectivity index (χ1) is 13.9. The first kappa shape index (κ1) is 20.7. The highest BCUT2D eigenvalue weighted by molar-refractivity contribution is 9.10. The summed E-state index contributed by atoms with van der Waals surface area (Å²) < 4.78 is 6.81. The number of carbonyl (C=O) groups excluding carboxylic acids is 1. The molecule has 3 N–H and O–H groups in total. The average molecular weight is 476 g/mol. The summed E-state index contributed by atoms with van der Waals surface area (Å²) in [6, 6.07) is 16.4. The van der Waals surface area contributed by atoms with Crippen LogP contribution >= 0.6 is 27.5 Å². The van der Waals surface area contributed by atoms with Gasteiger partial charge in [-0.2, -0.15) is 5.10 Å². The summed E-state index contributed by atoms with van der Waals surface area (Å²) in [5.41, 5.74) is 3.96. The van der Waals surface area contributed by atoms with Crippen molar-refractivity contribution >= 4 is 39.7 Å². The first-order valence-corrected chi connectivity index (χ1v) is 9.61. The van der Waals surface area contributed by atoms with Gasteiger partial charge < -0.3 is 14.9 Å². The van der Waals surface area contributed by atoms with Crippen LogP contribution in [0.4, 0.5) is 0 Å². The smallest absolute Gasteiger partial charge is 0.271 e. The van der Waals surface area contributed by atoms with Crippen LogP contribution in [0.15, 0.2) is 70.2 Å². The lowest BCUT2D eigenvalue weighted by atomic mass is 10.2. The van der Waals surface area contributed by atoms with E-state index in [1.54, 1.807) is 18.2 Å². The van der Waals surface area contributed by atoms with Crippen molar-refractivity contribution in [2.45, 2.75) is 6.61 Å². The van der Waals surface area contributed by atoms with Crippen molar-refractivity contribution in [3.63, 3.8) is 0 Å². The van der Waals surface area contributed by atoms with E-state index in [9.17, 15) is 15.0 Å². The number of hydrazone groups is 1. The number of hydrogen-bond acceptors (Lipinski definition) is 5. The van der Waals surface area contributed by atoms with Crippen molar-refractivity contribution in [1.29, 1.82) is 0 Å². The fourth-order valence-electron chi connectivity index (χ4n) is 2.49. The fraction of sp³-hybridized carbons (Fsp3) is 0.0476. The summed E-state index contributed by atoms with van der Waals surface area (Å²) in [5.74, 6) is -0.497. The van der Waals surface area contributed by atoms with Crippen molar-refractivity contribution in [2.24, 2.45) is 5.10 Å². The van der Waals surface area contributed by atoms with E-state index in [1.165, 1.54) is 18.3 Å². The van der Waals surface area contributed by atoms with Crippen LogP contribution in [0.1, 0.15) is 21.5 Å². The minimum atomic E-state index is -0.592. The Hall–Kier alpha value is -3.03. The minimum absolute atomic E-state index is 0.0665. The van der Waals surface area contributed by atoms with Crippen LogP contribution in [-0.4, -0.2) is 22.3 Å². The molecule has 0 saturated heterocycles. The third-order valence-corrected chi connectivity index (χ3v) is 4.52. The number of phenolic OH excluding ortho intramolecular Hbond substituents is 2. The quantitative estimate of drug-likeness (QED) is 0.351. The van der Waals surface area contributed by atoms with E-state index in [0.717, 1.165) is 16.1 Å². The first-order valence-electron chi connectivity index (χ1n) is 8.44. The molecule has 3 aromatic carbocycles. The molecule has 0 atom stereocenters. The summed E-state index contributed by atoms with van der Waals surface area (Å²) in [5, 5.41) is 23.3. The van der Waals surface area contributed by atoms with E-state index >= 15 is 0 Å². The van der Waals surface area contributed by atoms with Gasteiger partial charge in [0, 0.05) is 26.7 Å². The molecule has 3 rings (SSSR count). The molecule has 0 bridgehead atoms. The van der Waals surface area contributed by atoms with Gasteiger partial charge in [-0.05, 0) is 48.0 Å². The van der Waals surface area contributed by atoms with Gasteiger partial charge in [0.1, 0.15) is 23.9 Å². The molecule has 6 nitrogen and oxygen atoms in total. The molecule has 0 aliphatic heterocycles. The van der Waals surface area contributed by atoms with Gasteiger partial charge in [0.2, 0.25) is 0 Å². The molecule has 29 heavy (non-hydrogen) atoms. The number of nitrogens with one attached hydrogen (secondary N) is 1. The summed E-state index contributed by atoms with van der Waals surface area (Å²) >= 11 is 9.48. The minimum Gasteiger partial charge on any atom is -0.508 e. The van der Waals surface area contributed by atoms with Crippen LogP contribution in [0.3, 0.4) is 0 Å². The lowest BCUT2D eigenvalue weighted by Crippen LogP contribution is -2.17. The van der Waals surface area contributed by atoms with E-state index in [0.29, 0.717) is 22.9 Å². The standard InChI is InChI=1S/C21H16BrClN2O4/c22-16-3-1-2-13(6-16)12-29-20-5-4-17(23)7-15(20)11-24-25-21(28)14-8-18(26)10-19(27)9-14/h1-11,26-27H,12H2,(H,25,28)/b24-11-. The molecule has 0 aliphatic rings. The molecular weight excluding hydrogens is 460 g/mol. The Bertz CT molecular complexity index is 1050. The zero-order valence-corrected chi connectivity index (χ0v) is 17.3. The predicted molar refractivity (Wildman–Crippen MR) is 115 cm³/mol. The molecule has 0 fully saturated rings. The van der Waals surface area contributed by atoms with Crippen molar-refractivity contribution in [3.05, 3.63) is 86.8 Å². The van der Waals surface area contributed by atoms with Crippen LogP contribution < -0.4 is 10.2 Å². The van der Waals surface area contributed by atoms with Gasteiger partial charge in [-0.1, -0.05) is 39.7 Å². The van der Waals surface area contributed by atoms with Crippen LogP contribution in [0.5, 0.6) is 17.2 Å². The summed E-state index contributed by atoms with van der Waals surface area (Å²) in [6.45, 7) is 0.344. The number of hydrogen-bond donors (Lipinski definition) is 3. The number of benzene rings is 3. The Morgan fingerprint density at radius 2 is 1.86 bits per heavy atom.